The van der Waals surface area contributed by atoms with Crippen LogP contribution in [0.2, 0.25) is 0 Å². The fourth-order valence-electron chi connectivity index (χ4n) is 4.81. The Bertz CT molecular complexity index is 678. The van der Waals surface area contributed by atoms with Gasteiger partial charge in [0.2, 0.25) is 5.91 Å². The zero-order chi connectivity index (χ0) is 18.1. The van der Waals surface area contributed by atoms with Crippen molar-refractivity contribution in [3.63, 3.8) is 0 Å². The molecule has 1 unspecified atom stereocenters. The third-order valence-corrected chi connectivity index (χ3v) is 6.27. The fourth-order valence-corrected chi connectivity index (χ4v) is 4.81. The number of amides is 1. The van der Waals surface area contributed by atoms with Gasteiger partial charge in [-0.25, -0.2) is 8.78 Å². The van der Waals surface area contributed by atoms with Crippen molar-refractivity contribution in [3.8, 4) is 0 Å². The maximum absolute atomic E-state index is 13.5. The van der Waals surface area contributed by atoms with Gasteiger partial charge >= 0.3 is 0 Å². The summed E-state index contributed by atoms with van der Waals surface area (Å²) in [5.74, 6) is -1.52. The van der Waals surface area contributed by atoms with Crippen LogP contribution in [-0.4, -0.2) is 54.6 Å². The molecule has 4 nitrogen and oxygen atoms in total. The van der Waals surface area contributed by atoms with E-state index < -0.39 is 11.6 Å². The van der Waals surface area contributed by atoms with Gasteiger partial charge in [0.15, 0.2) is 11.6 Å². The molecule has 3 saturated heterocycles. The quantitative estimate of drug-likeness (QED) is 0.827. The van der Waals surface area contributed by atoms with E-state index in [0.717, 1.165) is 64.5 Å². The number of rotatable bonds is 3. The molecule has 1 aromatic rings. The topological polar surface area (TPSA) is 32.8 Å². The van der Waals surface area contributed by atoms with Gasteiger partial charge in [0.25, 0.3) is 0 Å². The highest BCUT2D eigenvalue weighted by Gasteiger charge is 2.49. The van der Waals surface area contributed by atoms with Crippen molar-refractivity contribution in [1.29, 1.82) is 0 Å². The molecule has 0 radical (unpaired) electrons. The number of likely N-dealkylation sites (tertiary alicyclic amines) is 2. The van der Waals surface area contributed by atoms with E-state index in [2.05, 4.69) is 4.90 Å². The zero-order valence-electron chi connectivity index (χ0n) is 15.1. The summed E-state index contributed by atoms with van der Waals surface area (Å²) in [4.78, 5) is 17.6. The number of hydrogen-bond acceptors (Lipinski definition) is 3. The van der Waals surface area contributed by atoms with E-state index in [4.69, 9.17) is 4.74 Å². The van der Waals surface area contributed by atoms with Crippen LogP contribution in [0.1, 0.15) is 37.7 Å². The highest BCUT2D eigenvalue weighted by molar-refractivity contribution is 5.84. The summed E-state index contributed by atoms with van der Waals surface area (Å²) < 4.78 is 32.1. The van der Waals surface area contributed by atoms with Crippen molar-refractivity contribution in [2.24, 2.45) is 5.41 Å². The predicted octanol–water partition coefficient (Wildman–Crippen LogP) is 2.96. The number of benzene rings is 1. The third kappa shape index (κ3) is 3.37. The van der Waals surface area contributed by atoms with E-state index in [1.54, 1.807) is 6.07 Å². The SMILES string of the molecule is O=C1N(Cc2ccc(F)c(F)c2)CCCC12CCN(C1CCOCC1)C2. The molecule has 26 heavy (non-hydrogen) atoms. The van der Waals surface area contributed by atoms with Gasteiger partial charge in [-0.3, -0.25) is 9.69 Å². The van der Waals surface area contributed by atoms with Crippen molar-refractivity contribution < 1.29 is 18.3 Å². The monoisotopic (exact) mass is 364 g/mol. The van der Waals surface area contributed by atoms with E-state index >= 15 is 0 Å². The van der Waals surface area contributed by atoms with Gasteiger partial charge in [-0.1, -0.05) is 6.07 Å². The highest BCUT2D eigenvalue weighted by atomic mass is 19.2. The first-order valence-corrected chi connectivity index (χ1v) is 9.62. The predicted molar refractivity (Wildman–Crippen MR) is 93.5 cm³/mol. The highest BCUT2D eigenvalue weighted by Crippen LogP contribution is 2.42. The molecule has 6 heteroatoms. The average molecular weight is 364 g/mol. The Balaban J connectivity index is 1.45. The molecule has 3 heterocycles. The molecule has 0 saturated carbocycles. The minimum absolute atomic E-state index is 0.183. The van der Waals surface area contributed by atoms with E-state index in [0.29, 0.717) is 24.7 Å². The van der Waals surface area contributed by atoms with Crippen molar-refractivity contribution in [2.45, 2.75) is 44.7 Å². The Labute approximate surface area is 153 Å². The molecule has 0 aliphatic carbocycles. The lowest BCUT2D eigenvalue weighted by Crippen LogP contribution is -2.50. The average Bonchev–Trinajstić information content (AvgIpc) is 3.08. The lowest BCUT2D eigenvalue weighted by Gasteiger charge is -2.40. The number of hydrogen-bond donors (Lipinski definition) is 0. The first-order chi connectivity index (χ1) is 12.6. The van der Waals surface area contributed by atoms with Crippen LogP contribution in [0.15, 0.2) is 18.2 Å². The number of carbonyl (C=O) groups is 1. The normalized spacial score (nSPS) is 28.2. The van der Waals surface area contributed by atoms with Crippen molar-refractivity contribution >= 4 is 5.91 Å². The molecule has 4 rings (SSSR count). The fraction of sp³-hybridized carbons (Fsp3) is 0.650. The Kier molecular flexibility index (Phi) is 4.97. The van der Waals surface area contributed by atoms with Gasteiger partial charge in [0, 0.05) is 38.9 Å². The molecule has 3 aliphatic rings. The Hall–Kier alpha value is -1.53. The first kappa shape index (κ1) is 17.9. The van der Waals surface area contributed by atoms with Crippen molar-refractivity contribution in [1.82, 2.24) is 9.80 Å². The van der Waals surface area contributed by atoms with Gasteiger partial charge in [0.05, 0.1) is 5.41 Å². The number of piperidine rings is 1. The summed E-state index contributed by atoms with van der Waals surface area (Å²) >= 11 is 0. The second-order valence-electron chi connectivity index (χ2n) is 7.92. The Morgan fingerprint density at radius 3 is 2.69 bits per heavy atom. The summed E-state index contributed by atoms with van der Waals surface area (Å²) in [6.45, 7) is 4.46. The molecule has 1 spiro atoms. The van der Waals surface area contributed by atoms with Crippen molar-refractivity contribution in [3.05, 3.63) is 35.4 Å². The third-order valence-electron chi connectivity index (χ3n) is 6.27. The molecule has 1 aromatic carbocycles. The molecule has 0 aromatic heterocycles. The summed E-state index contributed by atoms with van der Waals surface area (Å²) in [7, 11) is 0. The van der Waals surface area contributed by atoms with Crippen molar-refractivity contribution in [2.75, 3.05) is 32.8 Å². The van der Waals surface area contributed by atoms with Crippen LogP contribution < -0.4 is 0 Å². The zero-order valence-corrected chi connectivity index (χ0v) is 15.1. The molecule has 1 atom stereocenters. The van der Waals surface area contributed by atoms with Crippen LogP contribution >= 0.6 is 0 Å². The smallest absolute Gasteiger partial charge is 0.230 e. The lowest BCUT2D eigenvalue weighted by atomic mass is 9.78. The summed E-state index contributed by atoms with van der Waals surface area (Å²) in [6.07, 6.45) is 4.89. The molecule has 3 aliphatic heterocycles. The second kappa shape index (κ2) is 7.24. The minimum Gasteiger partial charge on any atom is -0.381 e. The Morgan fingerprint density at radius 1 is 1.12 bits per heavy atom. The van der Waals surface area contributed by atoms with Gasteiger partial charge in [0.1, 0.15) is 0 Å². The van der Waals surface area contributed by atoms with Crippen LogP contribution in [0.3, 0.4) is 0 Å². The van der Waals surface area contributed by atoms with Gasteiger partial charge < -0.3 is 9.64 Å². The summed E-state index contributed by atoms with van der Waals surface area (Å²) in [6, 6.07) is 4.43. The van der Waals surface area contributed by atoms with Gasteiger partial charge in [-0.2, -0.15) is 0 Å². The number of nitrogens with zero attached hydrogens (tertiary/aromatic N) is 2. The molecule has 0 N–H and O–H groups in total. The maximum atomic E-state index is 13.5. The van der Waals surface area contributed by atoms with Gasteiger partial charge in [-0.15, -0.1) is 0 Å². The molecule has 3 fully saturated rings. The summed E-state index contributed by atoms with van der Waals surface area (Å²) in [5.41, 5.74) is 0.350. The lowest BCUT2D eigenvalue weighted by molar-refractivity contribution is -0.146. The number of carbonyl (C=O) groups excluding carboxylic acids is 1. The minimum atomic E-state index is -0.853. The molecular weight excluding hydrogens is 338 g/mol. The second-order valence-corrected chi connectivity index (χ2v) is 7.92. The number of halogens is 2. The molecule has 0 bridgehead atoms. The van der Waals surface area contributed by atoms with Crippen LogP contribution in [0.5, 0.6) is 0 Å². The van der Waals surface area contributed by atoms with E-state index in [-0.39, 0.29) is 11.3 Å². The van der Waals surface area contributed by atoms with Crippen LogP contribution in [0.25, 0.3) is 0 Å². The Morgan fingerprint density at radius 2 is 1.92 bits per heavy atom. The summed E-state index contributed by atoms with van der Waals surface area (Å²) in [5, 5.41) is 0. The van der Waals surface area contributed by atoms with E-state index in [1.165, 1.54) is 6.07 Å². The van der Waals surface area contributed by atoms with Crippen LogP contribution in [0.4, 0.5) is 8.78 Å². The number of ether oxygens (including phenoxy) is 1. The van der Waals surface area contributed by atoms with Crippen LogP contribution in [-0.2, 0) is 16.1 Å². The molecule has 1 amide bonds. The largest absolute Gasteiger partial charge is 0.381 e. The van der Waals surface area contributed by atoms with E-state index in [9.17, 15) is 13.6 Å². The molecular formula is C20H26F2N2O2. The molecule has 142 valence electrons. The maximum Gasteiger partial charge on any atom is 0.230 e. The van der Waals surface area contributed by atoms with E-state index in [1.807, 2.05) is 4.90 Å². The van der Waals surface area contributed by atoms with Crippen LogP contribution in [0, 0.1) is 17.0 Å². The first-order valence-electron chi connectivity index (χ1n) is 9.62. The van der Waals surface area contributed by atoms with Gasteiger partial charge in [-0.05, 0) is 56.3 Å². The standard InChI is InChI=1S/C20H26F2N2O2/c21-17-3-2-15(12-18(17)22)13-23-8-1-6-20(19(23)25)7-9-24(14-20)16-4-10-26-11-5-16/h2-3,12,16H,1,4-11,13-14H2.